The average Bonchev–Trinajstić information content (AvgIpc) is 3.59. The van der Waals surface area contributed by atoms with E-state index in [1.165, 1.54) is 5.56 Å². The Kier molecular flexibility index (Phi) is 6.74. The predicted molar refractivity (Wildman–Crippen MR) is 208 cm³/mol. The molecule has 238 valence electrons. The van der Waals surface area contributed by atoms with Crippen molar-refractivity contribution in [3.63, 3.8) is 0 Å². The highest BCUT2D eigenvalue weighted by Gasteiger charge is 2.16. The number of hydrogen-bond acceptors (Lipinski definition) is 4. The van der Waals surface area contributed by atoms with Gasteiger partial charge in [0.05, 0.1) is 16.9 Å². The second kappa shape index (κ2) is 11.9. The van der Waals surface area contributed by atoms with Gasteiger partial charge in [-0.05, 0) is 58.7 Å². The highest BCUT2D eigenvalue weighted by Crippen LogP contribution is 2.36. The third-order valence-corrected chi connectivity index (χ3v) is 9.60. The summed E-state index contributed by atoms with van der Waals surface area (Å²) < 4.78 is 2.06. The van der Waals surface area contributed by atoms with Crippen molar-refractivity contribution >= 4 is 38.5 Å². The Morgan fingerprint density at radius 1 is 0.353 bits per heavy atom. The van der Waals surface area contributed by atoms with Crippen LogP contribution in [0.3, 0.4) is 0 Å². The highest BCUT2D eigenvalue weighted by atomic mass is 15.1. The van der Waals surface area contributed by atoms with Crippen molar-refractivity contribution in [2.45, 2.75) is 0 Å². The van der Waals surface area contributed by atoms with Crippen LogP contribution in [0.4, 0.5) is 0 Å². The minimum absolute atomic E-state index is 0.692. The molecule has 0 saturated carbocycles. The zero-order valence-corrected chi connectivity index (χ0v) is 27.5. The van der Waals surface area contributed by atoms with Crippen molar-refractivity contribution in [3.8, 4) is 56.2 Å². The first-order valence-corrected chi connectivity index (χ1v) is 17.1. The van der Waals surface area contributed by atoms with Crippen molar-refractivity contribution < 1.29 is 0 Å². The molecule has 10 aromatic rings. The predicted octanol–water partition coefficient (Wildman–Crippen LogP) is 11.3. The van der Waals surface area contributed by atoms with Crippen molar-refractivity contribution in [2.75, 3.05) is 0 Å². The quantitative estimate of drug-likeness (QED) is 0.186. The number of benzene rings is 6. The van der Waals surface area contributed by atoms with Crippen LogP contribution < -0.4 is 0 Å². The van der Waals surface area contributed by atoms with Gasteiger partial charge in [-0.15, -0.1) is 0 Å². The Balaban J connectivity index is 1.08. The van der Waals surface area contributed by atoms with Gasteiger partial charge in [0.15, 0.2) is 11.5 Å². The lowest BCUT2D eigenvalue weighted by Gasteiger charge is -2.12. The number of aromatic nitrogens is 5. The first-order chi connectivity index (χ1) is 25.3. The molecule has 0 aliphatic rings. The van der Waals surface area contributed by atoms with Crippen molar-refractivity contribution in [3.05, 3.63) is 176 Å². The molecule has 4 aromatic heterocycles. The number of nitrogens with zero attached hydrogens (tertiary/aromatic N) is 5. The molecule has 0 unspecified atom stereocenters. The Hall–Kier alpha value is -6.98. The Morgan fingerprint density at radius 3 is 1.67 bits per heavy atom. The fourth-order valence-electron chi connectivity index (χ4n) is 7.14. The lowest BCUT2D eigenvalue weighted by atomic mass is 9.97. The summed E-state index contributed by atoms with van der Waals surface area (Å²) in [6.07, 6.45) is 2.03. The minimum atomic E-state index is 0.692. The standard InChI is InChI=1S/C46H29N5/c1-2-13-30(14-3-1)31-15-10-19-35(27-31)43-39-23-6-7-24-40(39)47-45(49-43)36-20-12-17-33(29-36)32-16-11-18-34(28-32)42-37-21-4-5-22-38(37)44-46(50-42)51-26-9-8-25-41(51)48-44/h1-29H. The molecule has 0 aliphatic heterocycles. The Labute approximate surface area is 294 Å². The van der Waals surface area contributed by atoms with Crippen LogP contribution in [-0.4, -0.2) is 24.3 Å². The van der Waals surface area contributed by atoms with Gasteiger partial charge in [-0.1, -0.05) is 133 Å². The molecule has 0 saturated heterocycles. The molecule has 10 rings (SSSR count). The molecule has 0 aliphatic carbocycles. The van der Waals surface area contributed by atoms with Gasteiger partial charge >= 0.3 is 0 Å². The van der Waals surface area contributed by atoms with E-state index in [2.05, 4.69) is 144 Å². The third kappa shape index (κ3) is 5.03. The van der Waals surface area contributed by atoms with Gasteiger partial charge in [-0.2, -0.15) is 0 Å². The van der Waals surface area contributed by atoms with Crippen LogP contribution in [0.1, 0.15) is 0 Å². The van der Waals surface area contributed by atoms with E-state index < -0.39 is 0 Å². The number of para-hydroxylation sites is 1. The minimum Gasteiger partial charge on any atom is -0.284 e. The van der Waals surface area contributed by atoms with E-state index in [9.17, 15) is 0 Å². The summed E-state index contributed by atoms with van der Waals surface area (Å²) in [5, 5.41) is 3.19. The molecule has 5 heteroatoms. The van der Waals surface area contributed by atoms with Gasteiger partial charge in [-0.3, -0.25) is 4.40 Å². The highest BCUT2D eigenvalue weighted by molar-refractivity contribution is 6.09. The van der Waals surface area contributed by atoms with E-state index in [4.69, 9.17) is 19.9 Å². The lowest BCUT2D eigenvalue weighted by molar-refractivity contribution is 1.19. The van der Waals surface area contributed by atoms with Gasteiger partial charge in [0.1, 0.15) is 11.2 Å². The summed E-state index contributed by atoms with van der Waals surface area (Å²) in [7, 11) is 0. The Bertz CT molecular complexity index is 2930. The summed E-state index contributed by atoms with van der Waals surface area (Å²) in [4.78, 5) is 20.5. The molecule has 5 nitrogen and oxygen atoms in total. The average molecular weight is 652 g/mol. The van der Waals surface area contributed by atoms with E-state index in [1.807, 2.05) is 36.5 Å². The number of fused-ring (bicyclic) bond motifs is 6. The normalized spacial score (nSPS) is 11.5. The molecule has 0 amide bonds. The van der Waals surface area contributed by atoms with Gasteiger partial charge in [0.2, 0.25) is 0 Å². The number of pyridine rings is 2. The Morgan fingerprint density at radius 2 is 0.902 bits per heavy atom. The number of rotatable bonds is 5. The largest absolute Gasteiger partial charge is 0.284 e. The molecule has 0 radical (unpaired) electrons. The van der Waals surface area contributed by atoms with E-state index >= 15 is 0 Å². The fourth-order valence-corrected chi connectivity index (χ4v) is 7.14. The van der Waals surface area contributed by atoms with E-state index in [0.717, 1.165) is 83.3 Å². The molecule has 0 bridgehead atoms. The van der Waals surface area contributed by atoms with Crippen LogP contribution in [0.15, 0.2) is 176 Å². The first-order valence-electron chi connectivity index (χ1n) is 17.1. The maximum Gasteiger partial charge on any atom is 0.165 e. The molecule has 6 aromatic carbocycles. The van der Waals surface area contributed by atoms with E-state index in [0.29, 0.717) is 5.82 Å². The molecular weight excluding hydrogens is 623 g/mol. The molecule has 0 spiro atoms. The van der Waals surface area contributed by atoms with Crippen LogP contribution >= 0.6 is 0 Å². The fraction of sp³-hybridized carbons (Fsp3) is 0. The van der Waals surface area contributed by atoms with Gasteiger partial charge in [0.25, 0.3) is 0 Å². The monoisotopic (exact) mass is 651 g/mol. The van der Waals surface area contributed by atoms with Crippen LogP contribution in [0.5, 0.6) is 0 Å². The zero-order chi connectivity index (χ0) is 33.7. The molecule has 0 atom stereocenters. The molecule has 4 heterocycles. The van der Waals surface area contributed by atoms with Crippen molar-refractivity contribution in [1.82, 2.24) is 24.3 Å². The topological polar surface area (TPSA) is 56.0 Å². The van der Waals surface area contributed by atoms with Gasteiger partial charge < -0.3 is 0 Å². The third-order valence-electron chi connectivity index (χ3n) is 9.60. The molecule has 51 heavy (non-hydrogen) atoms. The van der Waals surface area contributed by atoms with Gasteiger partial charge in [-0.25, -0.2) is 19.9 Å². The maximum atomic E-state index is 5.24. The first kappa shape index (κ1) is 29.0. The molecule has 0 N–H and O–H groups in total. The summed E-state index contributed by atoms with van der Waals surface area (Å²) >= 11 is 0. The number of hydrogen-bond donors (Lipinski definition) is 0. The van der Waals surface area contributed by atoms with Crippen molar-refractivity contribution in [2.24, 2.45) is 0 Å². The van der Waals surface area contributed by atoms with Crippen LogP contribution in [0.2, 0.25) is 0 Å². The van der Waals surface area contributed by atoms with Crippen LogP contribution in [-0.2, 0) is 0 Å². The summed E-state index contributed by atoms with van der Waals surface area (Å²) in [6.45, 7) is 0. The maximum absolute atomic E-state index is 5.24. The zero-order valence-electron chi connectivity index (χ0n) is 27.5. The van der Waals surface area contributed by atoms with Crippen molar-refractivity contribution in [1.29, 1.82) is 0 Å². The van der Waals surface area contributed by atoms with E-state index in [1.54, 1.807) is 0 Å². The van der Waals surface area contributed by atoms with Gasteiger partial charge in [0, 0.05) is 39.0 Å². The second-order valence-corrected chi connectivity index (χ2v) is 12.7. The molecule has 0 fully saturated rings. The summed E-state index contributed by atoms with van der Waals surface area (Å²) in [5.41, 5.74) is 13.0. The van der Waals surface area contributed by atoms with Crippen LogP contribution in [0.25, 0.3) is 94.6 Å². The summed E-state index contributed by atoms with van der Waals surface area (Å²) in [5.74, 6) is 0.692. The number of imidazole rings is 1. The molecular formula is C46H29N5. The van der Waals surface area contributed by atoms with Crippen LogP contribution in [0, 0.1) is 0 Å². The second-order valence-electron chi connectivity index (χ2n) is 12.7. The SMILES string of the molecule is c1ccc(-c2cccc(-c3nc(-c4cccc(-c5cccc(-c6nc7c(nc8ccccn87)c7ccccc67)c5)c4)nc4ccccc34)c2)cc1. The summed E-state index contributed by atoms with van der Waals surface area (Å²) in [6, 6.07) is 58.9. The lowest BCUT2D eigenvalue weighted by Crippen LogP contribution is -1.96. The smallest absolute Gasteiger partial charge is 0.165 e. The van der Waals surface area contributed by atoms with E-state index in [-0.39, 0.29) is 0 Å².